The summed E-state index contributed by atoms with van der Waals surface area (Å²) in [6.07, 6.45) is 2.60. The van der Waals surface area contributed by atoms with Gasteiger partial charge in [0.25, 0.3) is 5.91 Å². The number of nitrogens with one attached hydrogen (secondary N) is 1. The van der Waals surface area contributed by atoms with Crippen molar-refractivity contribution in [3.63, 3.8) is 0 Å². The van der Waals surface area contributed by atoms with E-state index in [0.29, 0.717) is 48.3 Å². The van der Waals surface area contributed by atoms with E-state index < -0.39 is 12.1 Å². The number of hydrogen-bond donors (Lipinski definition) is 1. The van der Waals surface area contributed by atoms with Gasteiger partial charge in [-0.05, 0) is 42.7 Å². The van der Waals surface area contributed by atoms with E-state index in [-0.39, 0.29) is 5.91 Å². The summed E-state index contributed by atoms with van der Waals surface area (Å²) < 4.78 is 16.1. The maximum absolute atomic E-state index is 12.1. The van der Waals surface area contributed by atoms with Gasteiger partial charge in [0, 0.05) is 12.6 Å². The van der Waals surface area contributed by atoms with Gasteiger partial charge >= 0.3 is 5.97 Å². The van der Waals surface area contributed by atoms with Crippen LogP contribution in [0.25, 0.3) is 6.08 Å². The van der Waals surface area contributed by atoms with Crippen molar-refractivity contribution in [1.29, 1.82) is 0 Å². The van der Waals surface area contributed by atoms with E-state index in [1.54, 1.807) is 18.2 Å². The molecule has 6 nitrogen and oxygen atoms in total. The number of ether oxygens (including phenoxy) is 3. The molecule has 1 heterocycles. The van der Waals surface area contributed by atoms with Crippen LogP contribution in [0.2, 0.25) is 5.02 Å². The van der Waals surface area contributed by atoms with Gasteiger partial charge in [0.05, 0.1) is 5.02 Å². The smallest absolute Gasteiger partial charge is 0.331 e. The molecule has 1 aliphatic rings. The van der Waals surface area contributed by atoms with Gasteiger partial charge in [-0.15, -0.1) is 0 Å². The number of rotatable bonds is 7. The van der Waals surface area contributed by atoms with Crippen LogP contribution in [0.1, 0.15) is 18.1 Å². The molecular weight excluding hydrogens is 394 g/mol. The van der Waals surface area contributed by atoms with Crippen molar-refractivity contribution in [3.05, 3.63) is 64.7 Å². The van der Waals surface area contributed by atoms with Crippen LogP contribution < -0.4 is 14.8 Å². The van der Waals surface area contributed by atoms with Crippen LogP contribution in [0.15, 0.2) is 48.5 Å². The third-order valence-electron chi connectivity index (χ3n) is 4.25. The molecule has 0 saturated carbocycles. The zero-order chi connectivity index (χ0) is 20.6. The zero-order valence-corrected chi connectivity index (χ0v) is 16.8. The van der Waals surface area contributed by atoms with Crippen molar-refractivity contribution < 1.29 is 23.8 Å². The molecule has 2 aromatic carbocycles. The molecule has 0 unspecified atom stereocenters. The highest BCUT2D eigenvalue weighted by atomic mass is 35.5. The van der Waals surface area contributed by atoms with Gasteiger partial charge in [-0.1, -0.05) is 41.9 Å². The van der Waals surface area contributed by atoms with Gasteiger partial charge in [-0.2, -0.15) is 0 Å². The van der Waals surface area contributed by atoms with Gasteiger partial charge < -0.3 is 19.5 Å². The Morgan fingerprint density at radius 3 is 2.76 bits per heavy atom. The minimum atomic E-state index is -0.897. The second-order valence-corrected chi connectivity index (χ2v) is 6.87. The van der Waals surface area contributed by atoms with E-state index in [2.05, 4.69) is 5.32 Å². The van der Waals surface area contributed by atoms with Gasteiger partial charge in [-0.25, -0.2) is 4.79 Å². The molecule has 152 valence electrons. The lowest BCUT2D eigenvalue weighted by molar-refractivity contribution is -0.150. The van der Waals surface area contributed by atoms with E-state index in [4.69, 9.17) is 25.8 Å². The Kier molecular flexibility index (Phi) is 7.14. The summed E-state index contributed by atoms with van der Waals surface area (Å²) in [6, 6.07) is 13.2. The number of carbonyl (C=O) groups is 2. The first-order valence-electron chi connectivity index (χ1n) is 9.32. The number of fused-ring (bicyclic) bond motifs is 1. The third-order valence-corrected chi connectivity index (χ3v) is 4.53. The summed E-state index contributed by atoms with van der Waals surface area (Å²) in [4.78, 5) is 24.1. The monoisotopic (exact) mass is 415 g/mol. The number of esters is 1. The van der Waals surface area contributed by atoms with E-state index >= 15 is 0 Å². The molecule has 0 saturated heterocycles. The number of amides is 1. The highest BCUT2D eigenvalue weighted by Crippen LogP contribution is 2.38. The van der Waals surface area contributed by atoms with E-state index in [0.717, 1.165) is 5.56 Å². The molecule has 0 fully saturated rings. The summed E-state index contributed by atoms with van der Waals surface area (Å²) in [6.45, 7) is 2.88. The standard InChI is InChI=1S/C22H22ClNO5/c1-15(22(26)24-10-9-16-5-3-2-4-6-16)29-20(25)8-7-17-13-18(23)21-19(14-17)27-11-12-28-21/h2-8,13-15H,9-12H2,1H3,(H,24,26)/b8-7+/t15-/m1/s1. The Bertz CT molecular complexity index is 898. The minimum Gasteiger partial charge on any atom is -0.486 e. The average molecular weight is 416 g/mol. The first-order valence-corrected chi connectivity index (χ1v) is 9.70. The van der Waals surface area contributed by atoms with Crippen LogP contribution in [0.4, 0.5) is 0 Å². The van der Waals surface area contributed by atoms with E-state index in [1.165, 1.54) is 13.0 Å². The van der Waals surface area contributed by atoms with Crippen LogP contribution >= 0.6 is 11.6 Å². The lowest BCUT2D eigenvalue weighted by Gasteiger charge is -2.19. The van der Waals surface area contributed by atoms with Gasteiger partial charge in [0.2, 0.25) is 0 Å². The summed E-state index contributed by atoms with van der Waals surface area (Å²) >= 11 is 6.17. The number of halogens is 1. The fourth-order valence-corrected chi connectivity index (χ4v) is 3.05. The fourth-order valence-electron chi connectivity index (χ4n) is 2.78. The van der Waals surface area contributed by atoms with Crippen LogP contribution in [0.5, 0.6) is 11.5 Å². The number of hydrogen-bond acceptors (Lipinski definition) is 5. The number of carbonyl (C=O) groups excluding carboxylic acids is 2. The Labute approximate surface area is 174 Å². The van der Waals surface area contributed by atoms with Crippen LogP contribution in [-0.4, -0.2) is 37.7 Å². The van der Waals surface area contributed by atoms with Gasteiger partial charge in [0.15, 0.2) is 17.6 Å². The van der Waals surface area contributed by atoms with Crippen LogP contribution in [0, 0.1) is 0 Å². The van der Waals surface area contributed by atoms with Crippen molar-refractivity contribution in [2.45, 2.75) is 19.4 Å². The molecular formula is C22H22ClNO5. The van der Waals surface area contributed by atoms with Crippen molar-refractivity contribution >= 4 is 29.6 Å². The molecule has 1 N–H and O–H groups in total. The summed E-state index contributed by atoms with van der Waals surface area (Å²) in [5.74, 6) is 0.0631. The highest BCUT2D eigenvalue weighted by molar-refractivity contribution is 6.32. The normalized spacial score (nSPS) is 13.7. The Balaban J connectivity index is 1.48. The molecule has 7 heteroatoms. The summed E-state index contributed by atoms with van der Waals surface area (Å²) in [5.41, 5.74) is 1.79. The van der Waals surface area contributed by atoms with Gasteiger partial charge in [-0.3, -0.25) is 4.79 Å². The third kappa shape index (κ3) is 5.99. The molecule has 1 amide bonds. The Hall–Kier alpha value is -2.99. The van der Waals surface area contributed by atoms with E-state index in [9.17, 15) is 9.59 Å². The lowest BCUT2D eigenvalue weighted by atomic mass is 10.1. The second-order valence-electron chi connectivity index (χ2n) is 6.47. The Morgan fingerprint density at radius 2 is 1.97 bits per heavy atom. The van der Waals surface area contributed by atoms with Crippen molar-refractivity contribution in [2.24, 2.45) is 0 Å². The first kappa shape index (κ1) is 20.7. The molecule has 1 atom stereocenters. The molecule has 0 radical (unpaired) electrons. The maximum atomic E-state index is 12.1. The average Bonchev–Trinajstić information content (AvgIpc) is 2.73. The van der Waals surface area contributed by atoms with Crippen LogP contribution in [0.3, 0.4) is 0 Å². The maximum Gasteiger partial charge on any atom is 0.331 e. The lowest BCUT2D eigenvalue weighted by Crippen LogP contribution is -2.36. The van der Waals surface area contributed by atoms with Gasteiger partial charge in [0.1, 0.15) is 13.2 Å². The predicted octanol–water partition coefficient (Wildman–Crippen LogP) is 3.42. The highest BCUT2D eigenvalue weighted by Gasteiger charge is 2.17. The quantitative estimate of drug-likeness (QED) is 0.554. The van der Waals surface area contributed by atoms with Crippen molar-refractivity contribution in [3.8, 4) is 11.5 Å². The first-order chi connectivity index (χ1) is 14.0. The SMILES string of the molecule is C[C@@H](OC(=O)/C=C/c1cc(Cl)c2c(c1)OCCO2)C(=O)NCCc1ccccc1. The number of benzene rings is 2. The molecule has 0 bridgehead atoms. The van der Waals surface area contributed by atoms with E-state index in [1.807, 2.05) is 30.3 Å². The molecule has 0 spiro atoms. The molecule has 0 aromatic heterocycles. The Morgan fingerprint density at radius 1 is 1.21 bits per heavy atom. The molecule has 29 heavy (non-hydrogen) atoms. The largest absolute Gasteiger partial charge is 0.486 e. The van der Waals surface area contributed by atoms with Crippen LogP contribution in [-0.2, 0) is 20.7 Å². The topological polar surface area (TPSA) is 73.9 Å². The molecule has 2 aromatic rings. The zero-order valence-electron chi connectivity index (χ0n) is 16.0. The van der Waals surface area contributed by atoms with Crippen molar-refractivity contribution in [1.82, 2.24) is 5.32 Å². The molecule has 3 rings (SSSR count). The fraction of sp³-hybridized carbons (Fsp3) is 0.273. The predicted molar refractivity (Wildman–Crippen MR) is 110 cm³/mol. The second kappa shape index (κ2) is 9.98. The summed E-state index contributed by atoms with van der Waals surface area (Å²) in [7, 11) is 0. The minimum absolute atomic E-state index is 0.343. The molecule has 0 aliphatic carbocycles. The molecule has 1 aliphatic heterocycles. The summed E-state index contributed by atoms with van der Waals surface area (Å²) in [5, 5.41) is 3.17. The van der Waals surface area contributed by atoms with Crippen molar-refractivity contribution in [2.75, 3.05) is 19.8 Å².